The van der Waals surface area contributed by atoms with Crippen molar-refractivity contribution >= 4 is 27.3 Å². The van der Waals surface area contributed by atoms with Gasteiger partial charge < -0.3 is 15.8 Å². The molecule has 0 unspecified atom stereocenters. The first-order valence-electron chi connectivity index (χ1n) is 11.7. The predicted molar refractivity (Wildman–Crippen MR) is 139 cm³/mol. The zero-order chi connectivity index (χ0) is 24.8. The first kappa shape index (κ1) is 25.4. The highest BCUT2D eigenvalue weighted by Gasteiger charge is 2.29. The maximum atomic E-state index is 13.7. The number of hydrogen-bond donors (Lipinski definition) is 2. The molecule has 0 saturated heterocycles. The first-order chi connectivity index (χ1) is 16.9. The fourth-order valence-corrected chi connectivity index (χ4v) is 6.44. The molecule has 1 heterocycles. The highest BCUT2D eigenvalue weighted by molar-refractivity contribution is 7.89. The van der Waals surface area contributed by atoms with Crippen LogP contribution in [0.4, 0.5) is 0 Å². The Morgan fingerprint density at radius 2 is 1.77 bits per heavy atom. The number of sulfonamides is 1. The van der Waals surface area contributed by atoms with Gasteiger partial charge in [0, 0.05) is 29.1 Å². The molecule has 3 N–H and O–H groups in total. The number of amides is 1. The minimum absolute atomic E-state index is 0.0159. The van der Waals surface area contributed by atoms with Gasteiger partial charge >= 0.3 is 0 Å². The number of para-hydroxylation sites is 1. The van der Waals surface area contributed by atoms with E-state index in [0.717, 1.165) is 36.1 Å². The third kappa shape index (κ3) is 6.29. The van der Waals surface area contributed by atoms with Crippen LogP contribution >= 0.6 is 11.3 Å². The normalized spacial score (nSPS) is 18.4. The van der Waals surface area contributed by atoms with Gasteiger partial charge in [0.15, 0.2) is 0 Å². The Balaban J connectivity index is 1.57. The molecule has 2 aromatic carbocycles. The molecule has 0 aliphatic heterocycles. The molecule has 7 nitrogen and oxygen atoms in total. The summed E-state index contributed by atoms with van der Waals surface area (Å²) >= 11 is 1.59. The van der Waals surface area contributed by atoms with E-state index in [4.69, 9.17) is 10.5 Å². The molecule has 1 amide bonds. The summed E-state index contributed by atoms with van der Waals surface area (Å²) in [5.74, 6) is 0.251. The monoisotopic (exact) mass is 513 g/mol. The van der Waals surface area contributed by atoms with Gasteiger partial charge in [-0.3, -0.25) is 4.79 Å². The van der Waals surface area contributed by atoms with E-state index >= 15 is 0 Å². The van der Waals surface area contributed by atoms with E-state index in [1.165, 1.54) is 4.31 Å². The van der Waals surface area contributed by atoms with Crippen LogP contribution in [0.2, 0.25) is 0 Å². The molecular weight excluding hydrogens is 482 g/mol. The van der Waals surface area contributed by atoms with Crippen LogP contribution in [0.5, 0.6) is 5.75 Å². The average molecular weight is 514 g/mol. The topological polar surface area (TPSA) is 102 Å². The maximum Gasteiger partial charge on any atom is 0.243 e. The number of hydrogen-bond acceptors (Lipinski definition) is 6. The molecule has 0 spiro atoms. The quantitative estimate of drug-likeness (QED) is 0.450. The second-order valence-electron chi connectivity index (χ2n) is 8.77. The second kappa shape index (κ2) is 11.3. The van der Waals surface area contributed by atoms with Gasteiger partial charge in [0.05, 0.1) is 18.6 Å². The van der Waals surface area contributed by atoms with Crippen LogP contribution in [0.25, 0.3) is 10.4 Å². The van der Waals surface area contributed by atoms with Crippen LogP contribution in [-0.2, 0) is 21.4 Å². The number of nitrogens with zero attached hydrogens (tertiary/aromatic N) is 1. The number of carbonyl (C=O) groups excluding carboxylic acids is 1. The van der Waals surface area contributed by atoms with Gasteiger partial charge in [0.25, 0.3) is 0 Å². The van der Waals surface area contributed by atoms with E-state index < -0.39 is 10.0 Å². The third-order valence-corrected chi connectivity index (χ3v) is 9.02. The van der Waals surface area contributed by atoms with Gasteiger partial charge in [-0.2, -0.15) is 4.31 Å². The second-order valence-corrected chi connectivity index (χ2v) is 11.7. The zero-order valence-electron chi connectivity index (χ0n) is 19.7. The van der Waals surface area contributed by atoms with Crippen molar-refractivity contribution in [3.8, 4) is 16.2 Å². The molecule has 4 rings (SSSR count). The van der Waals surface area contributed by atoms with Gasteiger partial charge in [-0.15, -0.1) is 11.3 Å². The van der Waals surface area contributed by atoms with Crippen LogP contribution in [0.15, 0.2) is 70.9 Å². The van der Waals surface area contributed by atoms with Crippen molar-refractivity contribution in [2.45, 2.75) is 49.2 Å². The summed E-state index contributed by atoms with van der Waals surface area (Å²) in [6, 6.07) is 18.2. The Morgan fingerprint density at radius 1 is 1.06 bits per heavy atom. The zero-order valence-corrected chi connectivity index (χ0v) is 21.4. The van der Waals surface area contributed by atoms with E-state index in [1.54, 1.807) is 48.8 Å². The number of ether oxygens (including phenoxy) is 1. The van der Waals surface area contributed by atoms with Crippen molar-refractivity contribution in [1.29, 1.82) is 0 Å². The lowest BCUT2D eigenvalue weighted by Crippen LogP contribution is -2.46. The van der Waals surface area contributed by atoms with Crippen LogP contribution in [0.3, 0.4) is 0 Å². The number of thiophene rings is 1. The predicted octanol–water partition coefficient (Wildman–Crippen LogP) is 4.00. The van der Waals surface area contributed by atoms with E-state index in [9.17, 15) is 13.2 Å². The highest BCUT2D eigenvalue weighted by atomic mass is 32.2. The molecule has 35 heavy (non-hydrogen) atoms. The number of rotatable bonds is 9. The van der Waals surface area contributed by atoms with E-state index in [2.05, 4.69) is 5.32 Å². The number of nitrogens with one attached hydrogen (secondary N) is 1. The summed E-state index contributed by atoms with van der Waals surface area (Å²) in [4.78, 5) is 14.2. The van der Waals surface area contributed by atoms with Crippen molar-refractivity contribution in [2.24, 2.45) is 5.73 Å². The molecule has 9 heteroatoms. The largest absolute Gasteiger partial charge is 0.496 e. The van der Waals surface area contributed by atoms with Crippen LogP contribution in [0.1, 0.15) is 31.2 Å². The summed E-state index contributed by atoms with van der Waals surface area (Å²) in [5, 5.41) is 4.98. The summed E-state index contributed by atoms with van der Waals surface area (Å²) in [7, 11) is -2.41. The molecule has 186 valence electrons. The lowest BCUT2D eigenvalue weighted by Gasteiger charge is -2.28. The molecule has 1 aromatic heterocycles. The standard InChI is InChI=1S/C26H31N3O4S2/c1-33-24-6-3-2-5-20(24)17-29(18-26(30)28-22-12-10-21(27)11-13-22)35(31,32)23-14-8-19(9-15-23)25-7-4-16-34-25/h2-9,14-16,21-22H,10-13,17-18,27H2,1H3,(H,28,30). The summed E-state index contributed by atoms with van der Waals surface area (Å²) < 4.78 is 34.0. The number of carbonyl (C=O) groups is 1. The minimum atomic E-state index is -3.95. The SMILES string of the molecule is COc1ccccc1CN(CC(=O)NC1CCC(N)CC1)S(=O)(=O)c1ccc(-c2cccs2)cc1. The number of methoxy groups -OCH3 is 1. The van der Waals surface area contributed by atoms with Gasteiger partial charge in [-0.1, -0.05) is 36.4 Å². The first-order valence-corrected chi connectivity index (χ1v) is 14.0. The Bertz CT molecular complexity index is 1220. The van der Waals surface area contributed by atoms with Gasteiger partial charge in [-0.05, 0) is 60.9 Å². The summed E-state index contributed by atoms with van der Waals surface area (Å²) in [5.41, 5.74) is 7.61. The average Bonchev–Trinajstić information content (AvgIpc) is 3.40. The Labute approximate surface area is 211 Å². The maximum absolute atomic E-state index is 13.7. The van der Waals surface area contributed by atoms with Crippen molar-refractivity contribution in [3.63, 3.8) is 0 Å². The molecule has 3 aromatic rings. The smallest absolute Gasteiger partial charge is 0.243 e. The van der Waals surface area contributed by atoms with Gasteiger partial charge in [-0.25, -0.2) is 8.42 Å². The van der Waals surface area contributed by atoms with Crippen molar-refractivity contribution < 1.29 is 17.9 Å². The number of nitrogens with two attached hydrogens (primary N) is 1. The molecule has 0 radical (unpaired) electrons. The highest BCUT2D eigenvalue weighted by Crippen LogP contribution is 2.28. The minimum Gasteiger partial charge on any atom is -0.496 e. The molecule has 1 saturated carbocycles. The van der Waals surface area contributed by atoms with Crippen LogP contribution < -0.4 is 15.8 Å². The lowest BCUT2D eigenvalue weighted by molar-refractivity contribution is -0.122. The van der Waals surface area contributed by atoms with Gasteiger partial charge in [0.1, 0.15) is 5.75 Å². The van der Waals surface area contributed by atoms with E-state index in [1.807, 2.05) is 35.7 Å². The Morgan fingerprint density at radius 3 is 2.43 bits per heavy atom. The van der Waals surface area contributed by atoms with E-state index in [0.29, 0.717) is 11.3 Å². The fourth-order valence-electron chi connectivity index (χ4n) is 4.33. The Hall–Kier alpha value is -2.72. The van der Waals surface area contributed by atoms with Crippen molar-refractivity contribution in [1.82, 2.24) is 9.62 Å². The molecule has 1 aliphatic carbocycles. The van der Waals surface area contributed by atoms with Crippen LogP contribution in [0, 0.1) is 0 Å². The molecule has 1 aliphatic rings. The summed E-state index contributed by atoms with van der Waals surface area (Å²) in [6.07, 6.45) is 3.31. The molecule has 0 atom stereocenters. The third-order valence-electron chi connectivity index (χ3n) is 6.29. The van der Waals surface area contributed by atoms with Crippen LogP contribution in [-0.4, -0.2) is 44.4 Å². The Kier molecular flexibility index (Phi) is 8.22. The van der Waals surface area contributed by atoms with Crippen molar-refractivity contribution in [2.75, 3.05) is 13.7 Å². The summed E-state index contributed by atoms with van der Waals surface area (Å²) in [6.45, 7) is -0.266. The lowest BCUT2D eigenvalue weighted by atomic mass is 9.92. The fraction of sp³-hybridized carbons (Fsp3) is 0.346. The van der Waals surface area contributed by atoms with E-state index in [-0.39, 0.29) is 36.0 Å². The number of benzene rings is 2. The molecular formula is C26H31N3O4S2. The molecule has 0 bridgehead atoms. The van der Waals surface area contributed by atoms with Crippen molar-refractivity contribution in [3.05, 3.63) is 71.6 Å². The van der Waals surface area contributed by atoms with Gasteiger partial charge in [0.2, 0.25) is 15.9 Å². The molecule has 1 fully saturated rings.